The van der Waals surface area contributed by atoms with Crippen LogP contribution in [0.5, 0.6) is 0 Å². The minimum absolute atomic E-state index is 0. The van der Waals surface area contributed by atoms with Gasteiger partial charge in [-0.05, 0) is 19.9 Å². The van der Waals surface area contributed by atoms with Crippen LogP contribution in [0.2, 0.25) is 0 Å². The van der Waals surface area contributed by atoms with Crippen LogP contribution in [0, 0.1) is 5.92 Å². The monoisotopic (exact) mass is 288 g/mol. The number of aromatic nitrogens is 2. The summed E-state index contributed by atoms with van der Waals surface area (Å²) in [5, 5.41) is 7.19. The van der Waals surface area contributed by atoms with Gasteiger partial charge >= 0.3 is 0 Å². The first-order valence-electron chi connectivity index (χ1n) is 6.44. The highest BCUT2D eigenvalue weighted by molar-refractivity contribution is 5.85. The number of hydrogen-bond acceptors (Lipinski definition) is 3. The molecule has 110 valence electrons. The van der Waals surface area contributed by atoms with Gasteiger partial charge in [-0.3, -0.25) is 9.48 Å². The first kappa shape index (κ1) is 17.9. The predicted molar refractivity (Wildman–Crippen MR) is 79.3 cm³/mol. The molecule has 1 aromatic heterocycles. The maximum absolute atomic E-state index is 12.5. The second kappa shape index (κ2) is 8.17. The van der Waals surface area contributed by atoms with E-state index in [4.69, 9.17) is 0 Å². The lowest BCUT2D eigenvalue weighted by molar-refractivity contribution is -0.133. The van der Waals surface area contributed by atoms with Crippen molar-refractivity contribution in [3.63, 3.8) is 0 Å². The zero-order valence-electron chi connectivity index (χ0n) is 12.4. The van der Waals surface area contributed by atoms with Gasteiger partial charge in [0, 0.05) is 31.9 Å². The smallest absolute Gasteiger partial charge is 0.244 e. The van der Waals surface area contributed by atoms with Crippen LogP contribution in [0.3, 0.4) is 0 Å². The van der Waals surface area contributed by atoms with Gasteiger partial charge in [-0.2, -0.15) is 5.10 Å². The molecule has 0 saturated carbocycles. The summed E-state index contributed by atoms with van der Waals surface area (Å²) in [6.45, 7) is 7.77. The van der Waals surface area contributed by atoms with E-state index in [2.05, 4.69) is 24.3 Å². The fourth-order valence-corrected chi connectivity index (χ4v) is 2.02. The molecule has 0 radical (unpaired) electrons. The Bertz CT molecular complexity index is 392. The molecule has 1 atom stereocenters. The van der Waals surface area contributed by atoms with Crippen molar-refractivity contribution in [3.05, 3.63) is 18.0 Å². The topological polar surface area (TPSA) is 50.2 Å². The number of carbonyl (C=O) groups is 1. The number of aryl methyl sites for hydroxylation is 1. The third-order valence-corrected chi connectivity index (χ3v) is 2.87. The normalized spacial score (nSPS) is 12.1. The number of rotatable bonds is 6. The van der Waals surface area contributed by atoms with Gasteiger partial charge in [0.25, 0.3) is 0 Å². The highest BCUT2D eigenvalue weighted by Gasteiger charge is 2.25. The standard InChI is InChI=1S/C13H24N4O.ClH/c1-6-17(8-10(2)3)13(18)12(14-4)11-7-15-16(5)9-11;/h7,9-10,12,14H,6,8H2,1-5H3;1H. The highest BCUT2D eigenvalue weighted by Crippen LogP contribution is 2.15. The third-order valence-electron chi connectivity index (χ3n) is 2.87. The molecule has 0 spiro atoms. The van der Waals surface area contributed by atoms with Gasteiger partial charge < -0.3 is 10.2 Å². The summed E-state index contributed by atoms with van der Waals surface area (Å²) in [5.41, 5.74) is 0.909. The molecular weight excluding hydrogens is 264 g/mol. The molecule has 19 heavy (non-hydrogen) atoms. The Morgan fingerprint density at radius 1 is 1.53 bits per heavy atom. The molecule has 0 aliphatic rings. The summed E-state index contributed by atoms with van der Waals surface area (Å²) in [6, 6.07) is -0.308. The molecule has 1 N–H and O–H groups in total. The van der Waals surface area contributed by atoms with E-state index in [0.29, 0.717) is 5.92 Å². The molecule has 0 saturated heterocycles. The van der Waals surface area contributed by atoms with Crippen molar-refractivity contribution in [3.8, 4) is 0 Å². The quantitative estimate of drug-likeness (QED) is 0.865. The van der Waals surface area contributed by atoms with E-state index < -0.39 is 0 Å². The van der Waals surface area contributed by atoms with Gasteiger partial charge in [0.05, 0.1) is 6.20 Å². The van der Waals surface area contributed by atoms with Gasteiger partial charge in [0.2, 0.25) is 5.91 Å². The summed E-state index contributed by atoms with van der Waals surface area (Å²) < 4.78 is 1.71. The molecule has 0 fully saturated rings. The first-order chi connectivity index (χ1) is 8.49. The molecule has 6 heteroatoms. The average molecular weight is 289 g/mol. The summed E-state index contributed by atoms with van der Waals surface area (Å²) in [6.07, 6.45) is 3.62. The molecule has 1 rings (SSSR count). The number of nitrogens with zero attached hydrogens (tertiary/aromatic N) is 3. The fraction of sp³-hybridized carbons (Fsp3) is 0.692. The van der Waals surface area contributed by atoms with Crippen LogP contribution in [0.4, 0.5) is 0 Å². The average Bonchev–Trinajstić information content (AvgIpc) is 2.73. The maximum Gasteiger partial charge on any atom is 0.244 e. The zero-order chi connectivity index (χ0) is 13.7. The number of halogens is 1. The maximum atomic E-state index is 12.5. The van der Waals surface area contributed by atoms with Crippen LogP contribution in [-0.4, -0.2) is 40.7 Å². The number of nitrogens with one attached hydrogen (secondary N) is 1. The number of carbonyl (C=O) groups excluding carboxylic acids is 1. The van der Waals surface area contributed by atoms with Crippen molar-refractivity contribution >= 4 is 18.3 Å². The summed E-state index contributed by atoms with van der Waals surface area (Å²) in [5.74, 6) is 0.585. The molecule has 5 nitrogen and oxygen atoms in total. The van der Waals surface area contributed by atoms with Crippen molar-refractivity contribution in [1.29, 1.82) is 0 Å². The van der Waals surface area contributed by atoms with E-state index in [0.717, 1.165) is 18.7 Å². The summed E-state index contributed by atoms with van der Waals surface area (Å²) in [7, 11) is 3.66. The van der Waals surface area contributed by atoms with E-state index in [1.54, 1.807) is 17.9 Å². The molecular formula is C13H25ClN4O. The van der Waals surface area contributed by atoms with E-state index in [1.165, 1.54) is 0 Å². The number of likely N-dealkylation sites (N-methyl/N-ethyl adjacent to an activating group) is 2. The predicted octanol–water partition coefficient (Wildman–Crippen LogP) is 1.61. The Kier molecular flexibility index (Phi) is 7.71. The second-order valence-corrected chi connectivity index (χ2v) is 4.94. The SMILES string of the molecule is CCN(CC(C)C)C(=O)C(NC)c1cnn(C)c1.Cl. The van der Waals surface area contributed by atoms with Gasteiger partial charge in [-0.25, -0.2) is 0 Å². The third kappa shape index (κ3) is 4.84. The van der Waals surface area contributed by atoms with Crippen LogP contribution in [-0.2, 0) is 11.8 Å². The van der Waals surface area contributed by atoms with Crippen LogP contribution >= 0.6 is 12.4 Å². The lowest BCUT2D eigenvalue weighted by Gasteiger charge is -2.27. The van der Waals surface area contributed by atoms with Gasteiger partial charge in [0.1, 0.15) is 6.04 Å². The largest absolute Gasteiger partial charge is 0.341 e. The summed E-state index contributed by atoms with van der Waals surface area (Å²) >= 11 is 0. The van der Waals surface area contributed by atoms with Gasteiger partial charge in [0.15, 0.2) is 0 Å². The van der Waals surface area contributed by atoms with Crippen LogP contribution in [0.1, 0.15) is 32.4 Å². The number of hydrogen-bond donors (Lipinski definition) is 1. The second-order valence-electron chi connectivity index (χ2n) is 4.94. The molecule has 1 heterocycles. The molecule has 0 aromatic carbocycles. The molecule has 0 aliphatic heterocycles. The van der Waals surface area contributed by atoms with Crippen molar-refractivity contribution in [2.45, 2.75) is 26.8 Å². The van der Waals surface area contributed by atoms with Crippen molar-refractivity contribution in [2.24, 2.45) is 13.0 Å². The number of amides is 1. The lowest BCUT2D eigenvalue weighted by Crippen LogP contribution is -2.41. The molecule has 1 unspecified atom stereocenters. The van der Waals surface area contributed by atoms with Crippen LogP contribution < -0.4 is 5.32 Å². The Labute approximate surface area is 121 Å². The Morgan fingerprint density at radius 2 is 2.16 bits per heavy atom. The summed E-state index contributed by atoms with van der Waals surface area (Å²) in [4.78, 5) is 14.4. The first-order valence-corrected chi connectivity index (χ1v) is 6.44. The van der Waals surface area contributed by atoms with Crippen molar-refractivity contribution in [1.82, 2.24) is 20.0 Å². The van der Waals surface area contributed by atoms with Gasteiger partial charge in [-0.1, -0.05) is 13.8 Å². The molecule has 1 amide bonds. The van der Waals surface area contributed by atoms with Crippen LogP contribution in [0.25, 0.3) is 0 Å². The minimum atomic E-state index is -0.308. The van der Waals surface area contributed by atoms with Gasteiger partial charge in [-0.15, -0.1) is 12.4 Å². The molecule has 0 bridgehead atoms. The van der Waals surface area contributed by atoms with E-state index in [9.17, 15) is 4.79 Å². The molecule has 1 aromatic rings. The zero-order valence-corrected chi connectivity index (χ0v) is 13.2. The Morgan fingerprint density at radius 3 is 2.53 bits per heavy atom. The molecule has 0 aliphatic carbocycles. The van der Waals surface area contributed by atoms with Crippen molar-refractivity contribution < 1.29 is 4.79 Å². The lowest BCUT2D eigenvalue weighted by atomic mass is 10.1. The van der Waals surface area contributed by atoms with Crippen LogP contribution in [0.15, 0.2) is 12.4 Å². The van der Waals surface area contributed by atoms with E-state index in [-0.39, 0.29) is 24.4 Å². The minimum Gasteiger partial charge on any atom is -0.341 e. The van der Waals surface area contributed by atoms with E-state index >= 15 is 0 Å². The van der Waals surface area contributed by atoms with E-state index in [1.807, 2.05) is 25.1 Å². The Hall–Kier alpha value is -1.07. The van der Waals surface area contributed by atoms with Crippen molar-refractivity contribution in [2.75, 3.05) is 20.1 Å². The highest BCUT2D eigenvalue weighted by atomic mass is 35.5. The Balaban J connectivity index is 0.00000324. The fourth-order valence-electron chi connectivity index (χ4n) is 2.02.